The Morgan fingerprint density at radius 2 is 1.96 bits per heavy atom. The van der Waals surface area contributed by atoms with Crippen LogP contribution in [-0.2, 0) is 9.53 Å². The summed E-state index contributed by atoms with van der Waals surface area (Å²) in [5, 5.41) is 5.20. The lowest BCUT2D eigenvalue weighted by atomic mass is 10.0. The molecule has 24 heavy (non-hydrogen) atoms. The highest BCUT2D eigenvalue weighted by atomic mass is 16.6. The monoisotopic (exact) mass is 334 g/mol. The van der Waals surface area contributed by atoms with Crippen molar-refractivity contribution in [2.24, 2.45) is 5.92 Å². The predicted molar refractivity (Wildman–Crippen MR) is 88.0 cm³/mol. The fourth-order valence-corrected chi connectivity index (χ4v) is 2.18. The summed E-state index contributed by atoms with van der Waals surface area (Å²) >= 11 is 0. The average Bonchev–Trinajstić information content (AvgIpc) is 2.54. The molecule has 0 bridgehead atoms. The molecule has 7 heteroatoms. The molecule has 2 amide bonds. The first-order chi connectivity index (χ1) is 11.1. The van der Waals surface area contributed by atoms with E-state index in [2.05, 4.69) is 10.6 Å². The maximum atomic E-state index is 12.3. The van der Waals surface area contributed by atoms with Crippen LogP contribution < -0.4 is 15.4 Å². The van der Waals surface area contributed by atoms with Crippen LogP contribution in [0.15, 0.2) is 18.2 Å². The molecule has 0 saturated carbocycles. The van der Waals surface area contributed by atoms with E-state index in [1.54, 1.807) is 26.8 Å². The van der Waals surface area contributed by atoms with Crippen LogP contribution in [0.2, 0.25) is 0 Å². The molecule has 2 rings (SSSR count). The molecule has 0 unspecified atom stereocenters. The van der Waals surface area contributed by atoms with Gasteiger partial charge in [0, 0.05) is 5.69 Å². The van der Waals surface area contributed by atoms with Gasteiger partial charge in [-0.25, -0.2) is 9.59 Å². The number of amides is 2. The minimum atomic E-state index is -0.716. The quantitative estimate of drug-likeness (QED) is 0.640. The number of benzene rings is 1. The Hall–Kier alpha value is -2.57. The zero-order valence-electron chi connectivity index (χ0n) is 14.4. The van der Waals surface area contributed by atoms with E-state index in [0.717, 1.165) is 0 Å². The molecule has 1 aromatic rings. The summed E-state index contributed by atoms with van der Waals surface area (Å²) in [6.07, 6.45) is -0.631. The number of carbonyl (C=O) groups excluding carboxylic acids is 3. The maximum Gasteiger partial charge on any atom is 0.412 e. The van der Waals surface area contributed by atoms with Crippen molar-refractivity contribution >= 4 is 23.7 Å². The predicted octanol–water partition coefficient (Wildman–Crippen LogP) is 2.71. The van der Waals surface area contributed by atoms with E-state index >= 15 is 0 Å². The summed E-state index contributed by atoms with van der Waals surface area (Å²) in [6.45, 7) is 8.89. The fourth-order valence-electron chi connectivity index (χ4n) is 2.18. The Morgan fingerprint density at radius 3 is 2.54 bits per heavy atom. The van der Waals surface area contributed by atoms with Crippen LogP contribution in [0.1, 0.15) is 45.0 Å². The zero-order valence-corrected chi connectivity index (χ0v) is 14.4. The summed E-state index contributed by atoms with van der Waals surface area (Å²) in [7, 11) is 0. The van der Waals surface area contributed by atoms with Crippen LogP contribution in [-0.4, -0.2) is 29.6 Å². The number of ether oxygens (including phenoxy) is 2. The van der Waals surface area contributed by atoms with Gasteiger partial charge in [0.1, 0.15) is 17.4 Å². The Bertz CT molecular complexity index is 676. The summed E-state index contributed by atoms with van der Waals surface area (Å²) in [5.41, 5.74) is -0.0788. The first kappa shape index (κ1) is 17.8. The summed E-state index contributed by atoms with van der Waals surface area (Å²) in [4.78, 5) is 36.2. The van der Waals surface area contributed by atoms with Crippen molar-refractivity contribution in [1.82, 2.24) is 5.32 Å². The molecule has 0 spiro atoms. The van der Waals surface area contributed by atoms with E-state index < -0.39 is 29.6 Å². The number of nitrogens with one attached hydrogen (secondary N) is 2. The maximum absolute atomic E-state index is 12.3. The van der Waals surface area contributed by atoms with Gasteiger partial charge in [-0.1, -0.05) is 13.8 Å². The van der Waals surface area contributed by atoms with Crippen LogP contribution in [0.5, 0.6) is 5.75 Å². The summed E-state index contributed by atoms with van der Waals surface area (Å²) in [6, 6.07) is 3.75. The van der Waals surface area contributed by atoms with Crippen molar-refractivity contribution in [1.29, 1.82) is 0 Å². The van der Waals surface area contributed by atoms with Gasteiger partial charge in [-0.3, -0.25) is 10.1 Å². The molecule has 130 valence electrons. The Labute approximate surface area is 140 Å². The molecule has 0 aliphatic carbocycles. The molecule has 1 aliphatic heterocycles. The van der Waals surface area contributed by atoms with Gasteiger partial charge in [-0.2, -0.15) is 0 Å². The summed E-state index contributed by atoms with van der Waals surface area (Å²) < 4.78 is 10.4. The smallest absolute Gasteiger partial charge is 0.412 e. The highest BCUT2D eigenvalue weighted by molar-refractivity contribution is 6.03. The van der Waals surface area contributed by atoms with E-state index in [-0.39, 0.29) is 17.2 Å². The molecule has 2 N–H and O–H groups in total. The number of anilines is 1. The lowest BCUT2D eigenvalue weighted by Gasteiger charge is -2.19. The molecule has 7 nitrogen and oxygen atoms in total. The van der Waals surface area contributed by atoms with Gasteiger partial charge in [0.25, 0.3) is 5.91 Å². The second kappa shape index (κ2) is 6.51. The van der Waals surface area contributed by atoms with Crippen molar-refractivity contribution in [3.05, 3.63) is 23.8 Å². The second-order valence-electron chi connectivity index (χ2n) is 6.95. The van der Waals surface area contributed by atoms with E-state index in [0.29, 0.717) is 5.69 Å². The summed E-state index contributed by atoms with van der Waals surface area (Å²) in [5.74, 6) is -0.877. The highest BCUT2D eigenvalue weighted by Gasteiger charge is 2.32. The number of hydrogen-bond acceptors (Lipinski definition) is 5. The van der Waals surface area contributed by atoms with Gasteiger partial charge in [0.2, 0.25) is 0 Å². The third kappa shape index (κ3) is 4.24. The minimum Gasteiger partial charge on any atom is -0.444 e. The SMILES string of the molecule is CC(C)[C@@H]1NC(=O)c2cc(NC(=O)OC(C)(C)C)ccc2OC1=O. The van der Waals surface area contributed by atoms with Crippen LogP contribution in [0, 0.1) is 5.92 Å². The fraction of sp³-hybridized carbons (Fsp3) is 0.471. The lowest BCUT2D eigenvalue weighted by Crippen LogP contribution is -2.44. The molecular formula is C17H22N2O5. The minimum absolute atomic E-state index is 0.102. The van der Waals surface area contributed by atoms with Crippen molar-refractivity contribution in [3.63, 3.8) is 0 Å². The standard InChI is InChI=1S/C17H22N2O5/c1-9(2)13-15(21)23-12-7-6-10(8-11(12)14(20)19-13)18-16(22)24-17(3,4)5/h6-9,13H,1-5H3,(H,18,22)(H,19,20)/t13-/m0/s1. The molecule has 0 fully saturated rings. The van der Waals surface area contributed by atoms with Crippen LogP contribution in [0.4, 0.5) is 10.5 Å². The van der Waals surface area contributed by atoms with Crippen LogP contribution in [0.25, 0.3) is 0 Å². The van der Waals surface area contributed by atoms with E-state index in [1.807, 2.05) is 13.8 Å². The van der Waals surface area contributed by atoms with Gasteiger partial charge < -0.3 is 14.8 Å². The van der Waals surface area contributed by atoms with Crippen molar-refractivity contribution in [2.45, 2.75) is 46.3 Å². The molecule has 1 heterocycles. The van der Waals surface area contributed by atoms with Gasteiger partial charge in [-0.15, -0.1) is 0 Å². The molecular weight excluding hydrogens is 312 g/mol. The first-order valence-corrected chi connectivity index (χ1v) is 7.73. The van der Waals surface area contributed by atoms with Crippen molar-refractivity contribution in [3.8, 4) is 5.75 Å². The Balaban J connectivity index is 2.23. The normalized spacial score (nSPS) is 17.5. The van der Waals surface area contributed by atoms with Crippen LogP contribution in [0.3, 0.4) is 0 Å². The Kier molecular flexibility index (Phi) is 4.82. The third-order valence-corrected chi connectivity index (χ3v) is 3.29. The number of hydrogen-bond donors (Lipinski definition) is 2. The molecule has 1 atom stereocenters. The molecule has 0 radical (unpaired) electrons. The number of rotatable bonds is 2. The first-order valence-electron chi connectivity index (χ1n) is 7.73. The largest absolute Gasteiger partial charge is 0.444 e. The third-order valence-electron chi connectivity index (χ3n) is 3.29. The topological polar surface area (TPSA) is 93.7 Å². The van der Waals surface area contributed by atoms with Crippen molar-refractivity contribution < 1.29 is 23.9 Å². The van der Waals surface area contributed by atoms with Gasteiger partial charge in [-0.05, 0) is 44.9 Å². The molecule has 0 saturated heterocycles. The lowest BCUT2D eigenvalue weighted by molar-refractivity contribution is -0.137. The highest BCUT2D eigenvalue weighted by Crippen LogP contribution is 2.26. The number of fused-ring (bicyclic) bond motifs is 1. The van der Waals surface area contributed by atoms with E-state index in [1.165, 1.54) is 12.1 Å². The molecule has 1 aliphatic rings. The Morgan fingerprint density at radius 1 is 1.29 bits per heavy atom. The van der Waals surface area contributed by atoms with E-state index in [4.69, 9.17) is 9.47 Å². The number of esters is 1. The number of carbonyl (C=O) groups is 3. The van der Waals surface area contributed by atoms with Gasteiger partial charge in [0.15, 0.2) is 0 Å². The van der Waals surface area contributed by atoms with Crippen molar-refractivity contribution in [2.75, 3.05) is 5.32 Å². The average molecular weight is 334 g/mol. The second-order valence-corrected chi connectivity index (χ2v) is 6.95. The van der Waals surface area contributed by atoms with Gasteiger partial charge in [0.05, 0.1) is 5.56 Å². The molecule has 1 aromatic carbocycles. The van der Waals surface area contributed by atoms with Gasteiger partial charge >= 0.3 is 12.1 Å². The molecule has 0 aromatic heterocycles. The zero-order chi connectivity index (χ0) is 18.1. The van der Waals surface area contributed by atoms with E-state index in [9.17, 15) is 14.4 Å². The van der Waals surface area contributed by atoms with Crippen LogP contribution >= 0.6 is 0 Å².